The molecule has 0 atom stereocenters. The molecule has 1 aliphatic rings. The fraction of sp³-hybridized carbons (Fsp3) is 0.400. The van der Waals surface area contributed by atoms with Gasteiger partial charge in [-0.1, -0.05) is 61.2 Å². The van der Waals surface area contributed by atoms with Crippen LogP contribution in [0, 0.1) is 6.92 Å². The van der Waals surface area contributed by atoms with Crippen LogP contribution in [0.4, 0.5) is 0 Å². The average molecular weight is 390 g/mol. The molecule has 152 valence electrons. The number of rotatable bonds is 7. The maximum absolute atomic E-state index is 12.4. The first-order chi connectivity index (χ1) is 14.2. The van der Waals surface area contributed by atoms with Crippen LogP contribution < -0.4 is 10.6 Å². The van der Waals surface area contributed by atoms with Gasteiger partial charge in [0.05, 0.1) is 0 Å². The van der Waals surface area contributed by atoms with Crippen molar-refractivity contribution in [2.24, 2.45) is 0 Å². The van der Waals surface area contributed by atoms with Crippen molar-refractivity contribution in [1.29, 1.82) is 0 Å². The van der Waals surface area contributed by atoms with Crippen LogP contribution in [0.25, 0.3) is 22.0 Å². The van der Waals surface area contributed by atoms with Gasteiger partial charge in [0, 0.05) is 30.8 Å². The normalized spacial score (nSPS) is 14.9. The molecule has 2 N–H and O–H groups in total. The molecule has 29 heavy (non-hydrogen) atoms. The lowest BCUT2D eigenvalue weighted by Crippen LogP contribution is -2.38. The molecule has 0 radical (unpaired) electrons. The number of nitrogens with one attached hydrogen (secondary N) is 2. The molecule has 0 bridgehead atoms. The Bertz CT molecular complexity index is 952. The van der Waals surface area contributed by atoms with Crippen LogP contribution in [0.1, 0.15) is 37.7 Å². The Morgan fingerprint density at radius 2 is 1.72 bits per heavy atom. The minimum Gasteiger partial charge on any atom is -0.353 e. The fourth-order valence-electron chi connectivity index (χ4n) is 4.24. The van der Waals surface area contributed by atoms with Gasteiger partial charge in [0.1, 0.15) is 6.54 Å². The lowest BCUT2D eigenvalue weighted by molar-refractivity contribution is -0.121. The molecular weight excluding hydrogens is 358 g/mol. The summed E-state index contributed by atoms with van der Waals surface area (Å²) in [6.45, 7) is 3.98. The van der Waals surface area contributed by atoms with E-state index in [2.05, 4.69) is 66.1 Å². The molecule has 1 aliphatic carbocycles. The summed E-state index contributed by atoms with van der Waals surface area (Å²) in [4.78, 5) is 12.4. The first kappa shape index (κ1) is 19.7. The van der Waals surface area contributed by atoms with E-state index in [0.29, 0.717) is 19.1 Å². The molecule has 1 heterocycles. The molecule has 0 aliphatic heterocycles. The Labute approximate surface area is 173 Å². The predicted octanol–water partition coefficient (Wildman–Crippen LogP) is 4.66. The van der Waals surface area contributed by atoms with Crippen LogP contribution in [0.5, 0.6) is 0 Å². The SMILES string of the molecule is Cc1ccc(-c2ccc3ccn(CC(=O)NCCNC4CCCCC4)c3c2)cc1. The van der Waals surface area contributed by atoms with Crippen molar-refractivity contribution >= 4 is 16.8 Å². The highest BCUT2D eigenvalue weighted by molar-refractivity contribution is 5.87. The van der Waals surface area contributed by atoms with Crippen molar-refractivity contribution in [3.8, 4) is 11.1 Å². The van der Waals surface area contributed by atoms with Gasteiger partial charge in [-0.2, -0.15) is 0 Å². The molecular formula is C25H31N3O. The Morgan fingerprint density at radius 1 is 0.966 bits per heavy atom. The average Bonchev–Trinajstić information content (AvgIpc) is 3.14. The molecule has 0 saturated heterocycles. The zero-order valence-electron chi connectivity index (χ0n) is 17.3. The van der Waals surface area contributed by atoms with Gasteiger partial charge in [0.15, 0.2) is 0 Å². The van der Waals surface area contributed by atoms with E-state index in [1.807, 2.05) is 10.8 Å². The smallest absolute Gasteiger partial charge is 0.239 e. The van der Waals surface area contributed by atoms with Gasteiger partial charge >= 0.3 is 0 Å². The zero-order chi connectivity index (χ0) is 20.1. The zero-order valence-corrected chi connectivity index (χ0v) is 17.3. The topological polar surface area (TPSA) is 46.1 Å². The number of carbonyl (C=O) groups excluding carboxylic acids is 1. The molecule has 0 unspecified atom stereocenters. The monoisotopic (exact) mass is 389 g/mol. The van der Waals surface area contributed by atoms with E-state index in [1.54, 1.807) is 0 Å². The molecule has 4 heteroatoms. The summed E-state index contributed by atoms with van der Waals surface area (Å²) in [5.74, 6) is 0.0636. The Balaban J connectivity index is 1.35. The number of aryl methyl sites for hydroxylation is 1. The van der Waals surface area contributed by atoms with Crippen molar-refractivity contribution < 1.29 is 4.79 Å². The van der Waals surface area contributed by atoms with E-state index in [1.165, 1.54) is 48.8 Å². The largest absolute Gasteiger partial charge is 0.353 e. The van der Waals surface area contributed by atoms with Crippen molar-refractivity contribution in [3.05, 3.63) is 60.3 Å². The minimum absolute atomic E-state index is 0.0636. The summed E-state index contributed by atoms with van der Waals surface area (Å²) in [6.07, 6.45) is 8.57. The van der Waals surface area contributed by atoms with Crippen LogP contribution in [0.2, 0.25) is 0 Å². The maximum atomic E-state index is 12.4. The summed E-state index contributed by atoms with van der Waals surface area (Å²) in [6, 6.07) is 17.7. The summed E-state index contributed by atoms with van der Waals surface area (Å²) >= 11 is 0. The summed E-state index contributed by atoms with van der Waals surface area (Å²) in [5, 5.41) is 7.79. The Morgan fingerprint density at radius 3 is 2.52 bits per heavy atom. The molecule has 1 amide bonds. The molecule has 1 aromatic heterocycles. The van der Waals surface area contributed by atoms with Gasteiger partial charge in [-0.3, -0.25) is 4.79 Å². The van der Waals surface area contributed by atoms with Crippen molar-refractivity contribution in [1.82, 2.24) is 15.2 Å². The molecule has 0 spiro atoms. The second-order valence-electron chi connectivity index (χ2n) is 8.22. The Hall–Kier alpha value is -2.59. The van der Waals surface area contributed by atoms with Gasteiger partial charge in [0.25, 0.3) is 0 Å². The van der Waals surface area contributed by atoms with Crippen molar-refractivity contribution in [2.45, 2.75) is 51.6 Å². The van der Waals surface area contributed by atoms with Crippen LogP contribution >= 0.6 is 0 Å². The third kappa shape index (κ3) is 5.07. The van der Waals surface area contributed by atoms with Gasteiger partial charge in [-0.15, -0.1) is 0 Å². The summed E-state index contributed by atoms with van der Waals surface area (Å²) in [5.41, 5.74) is 4.73. The molecule has 4 rings (SSSR count). The molecule has 2 aromatic carbocycles. The number of carbonyl (C=O) groups is 1. The minimum atomic E-state index is 0.0636. The molecule has 4 nitrogen and oxygen atoms in total. The molecule has 3 aromatic rings. The third-order valence-corrected chi connectivity index (χ3v) is 5.96. The predicted molar refractivity (Wildman–Crippen MR) is 120 cm³/mol. The quantitative estimate of drug-likeness (QED) is 0.578. The highest BCUT2D eigenvalue weighted by Gasteiger charge is 2.12. The van der Waals surface area contributed by atoms with Crippen molar-refractivity contribution in [3.63, 3.8) is 0 Å². The van der Waals surface area contributed by atoms with Crippen LogP contribution in [-0.4, -0.2) is 29.6 Å². The third-order valence-electron chi connectivity index (χ3n) is 5.96. The molecule has 1 fully saturated rings. The van der Waals surface area contributed by atoms with E-state index in [0.717, 1.165) is 17.4 Å². The highest BCUT2D eigenvalue weighted by atomic mass is 16.1. The fourth-order valence-corrected chi connectivity index (χ4v) is 4.24. The van der Waals surface area contributed by atoms with Gasteiger partial charge in [0.2, 0.25) is 5.91 Å². The lowest BCUT2D eigenvalue weighted by atomic mass is 9.95. The van der Waals surface area contributed by atoms with E-state index in [-0.39, 0.29) is 5.91 Å². The maximum Gasteiger partial charge on any atom is 0.239 e. The number of hydrogen-bond donors (Lipinski definition) is 2. The standard InChI is InChI=1S/C25H31N3O/c1-19-7-9-20(10-8-19)22-12-11-21-13-16-28(24(21)17-22)18-25(29)27-15-14-26-23-5-3-2-4-6-23/h7-13,16-17,23,26H,2-6,14-15,18H2,1H3,(H,27,29). The number of hydrogen-bond acceptors (Lipinski definition) is 2. The van der Waals surface area contributed by atoms with Gasteiger partial charge in [-0.25, -0.2) is 0 Å². The summed E-state index contributed by atoms with van der Waals surface area (Å²) < 4.78 is 2.04. The van der Waals surface area contributed by atoms with E-state index >= 15 is 0 Å². The van der Waals surface area contributed by atoms with Crippen molar-refractivity contribution in [2.75, 3.05) is 13.1 Å². The van der Waals surface area contributed by atoms with Crippen LogP contribution in [0.15, 0.2) is 54.7 Å². The molecule has 1 saturated carbocycles. The van der Waals surface area contributed by atoms with Crippen LogP contribution in [-0.2, 0) is 11.3 Å². The number of benzene rings is 2. The number of fused-ring (bicyclic) bond motifs is 1. The van der Waals surface area contributed by atoms with Gasteiger partial charge < -0.3 is 15.2 Å². The first-order valence-electron chi connectivity index (χ1n) is 10.8. The Kier molecular flexibility index (Phi) is 6.30. The van der Waals surface area contributed by atoms with E-state index in [9.17, 15) is 4.79 Å². The number of amides is 1. The van der Waals surface area contributed by atoms with Crippen LogP contribution in [0.3, 0.4) is 0 Å². The second-order valence-corrected chi connectivity index (χ2v) is 8.22. The number of nitrogens with zero attached hydrogens (tertiary/aromatic N) is 1. The van der Waals surface area contributed by atoms with Gasteiger partial charge in [-0.05, 0) is 48.4 Å². The lowest BCUT2D eigenvalue weighted by Gasteiger charge is -2.22. The highest BCUT2D eigenvalue weighted by Crippen LogP contribution is 2.25. The summed E-state index contributed by atoms with van der Waals surface area (Å²) in [7, 11) is 0. The first-order valence-corrected chi connectivity index (χ1v) is 10.8. The van der Waals surface area contributed by atoms with E-state index in [4.69, 9.17) is 0 Å². The van der Waals surface area contributed by atoms with E-state index < -0.39 is 0 Å². The number of aromatic nitrogens is 1. The second kappa shape index (κ2) is 9.27.